The monoisotopic (exact) mass is 430 g/mol. The smallest absolute Gasteiger partial charge is 0.416 e. The quantitative estimate of drug-likeness (QED) is 0.684. The van der Waals surface area contributed by atoms with Crippen molar-refractivity contribution in [3.8, 4) is 0 Å². The molecule has 0 bridgehead atoms. The van der Waals surface area contributed by atoms with Gasteiger partial charge in [-0.3, -0.25) is 0 Å². The summed E-state index contributed by atoms with van der Waals surface area (Å²) in [7, 11) is -3.90. The van der Waals surface area contributed by atoms with E-state index in [1.165, 1.54) is 12.1 Å². The van der Waals surface area contributed by atoms with E-state index in [4.69, 9.17) is 4.74 Å². The van der Waals surface area contributed by atoms with Crippen molar-refractivity contribution in [2.45, 2.75) is 49.9 Å². The molecule has 1 aliphatic rings. The zero-order valence-corrected chi connectivity index (χ0v) is 16.7. The molecule has 2 N–H and O–H groups in total. The third-order valence-electron chi connectivity index (χ3n) is 4.92. The molecule has 1 aromatic heterocycles. The number of nitrogens with one attached hydrogen (secondary N) is 2. The number of carbonyl (C=O) groups is 1. The first-order valence-electron chi connectivity index (χ1n) is 9.07. The van der Waals surface area contributed by atoms with Crippen LogP contribution in [0.2, 0.25) is 0 Å². The average molecular weight is 430 g/mol. The largest absolute Gasteiger partial charge is 0.462 e. The Morgan fingerprint density at radius 2 is 1.97 bits per heavy atom. The van der Waals surface area contributed by atoms with E-state index in [1.54, 1.807) is 19.9 Å². The number of hydrogen-bond donors (Lipinski definition) is 2. The molecular formula is C19H21F3N2O4S. The van der Waals surface area contributed by atoms with Gasteiger partial charge in [0.25, 0.3) is 10.0 Å². The SMILES string of the molecule is CCOC(=O)c1cc(S(=O)(=O)N[C@H]2C[C@@H](c3cccc(C(F)(F)F)c3)C2)[nH]c1C. The number of benzene rings is 1. The number of aryl methyl sites for hydroxylation is 1. The zero-order valence-electron chi connectivity index (χ0n) is 15.8. The number of halogens is 3. The summed E-state index contributed by atoms with van der Waals surface area (Å²) in [6.07, 6.45) is -3.63. The first-order chi connectivity index (χ1) is 13.5. The molecule has 0 atom stereocenters. The number of esters is 1. The molecule has 158 valence electrons. The fourth-order valence-electron chi connectivity index (χ4n) is 3.33. The molecule has 1 saturated carbocycles. The number of carbonyl (C=O) groups excluding carboxylic acids is 1. The summed E-state index contributed by atoms with van der Waals surface area (Å²) >= 11 is 0. The summed E-state index contributed by atoms with van der Waals surface area (Å²) in [6, 6.07) is 5.92. The molecule has 0 unspecified atom stereocenters. The van der Waals surface area contributed by atoms with Crippen molar-refractivity contribution < 1.29 is 31.1 Å². The molecule has 0 spiro atoms. The summed E-state index contributed by atoms with van der Waals surface area (Å²) in [5, 5.41) is -0.152. The Bertz CT molecular complexity index is 1010. The zero-order chi connectivity index (χ0) is 21.4. The maximum absolute atomic E-state index is 12.9. The number of rotatable bonds is 6. The number of alkyl halides is 3. The number of ether oxygens (including phenoxy) is 1. The van der Waals surface area contributed by atoms with Gasteiger partial charge in [-0.1, -0.05) is 18.2 Å². The second kappa shape index (κ2) is 7.83. The van der Waals surface area contributed by atoms with E-state index in [2.05, 4.69) is 9.71 Å². The van der Waals surface area contributed by atoms with Crippen LogP contribution in [0.3, 0.4) is 0 Å². The van der Waals surface area contributed by atoms with E-state index < -0.39 is 33.8 Å². The normalized spacial score (nSPS) is 19.6. The van der Waals surface area contributed by atoms with E-state index in [-0.39, 0.29) is 23.1 Å². The van der Waals surface area contributed by atoms with Crippen molar-refractivity contribution >= 4 is 16.0 Å². The van der Waals surface area contributed by atoms with Crippen molar-refractivity contribution in [3.05, 3.63) is 52.7 Å². The summed E-state index contributed by atoms with van der Waals surface area (Å²) < 4.78 is 71.1. The van der Waals surface area contributed by atoms with Gasteiger partial charge in [-0.2, -0.15) is 13.2 Å². The van der Waals surface area contributed by atoms with Crippen LogP contribution in [0.15, 0.2) is 35.4 Å². The highest BCUT2D eigenvalue weighted by Gasteiger charge is 2.36. The summed E-state index contributed by atoms with van der Waals surface area (Å²) in [6.45, 7) is 3.39. The minimum absolute atomic E-state index is 0.141. The van der Waals surface area contributed by atoms with Crippen LogP contribution in [0.5, 0.6) is 0 Å². The molecule has 1 aromatic carbocycles. The lowest BCUT2D eigenvalue weighted by molar-refractivity contribution is -0.137. The lowest BCUT2D eigenvalue weighted by Crippen LogP contribution is -2.43. The summed E-state index contributed by atoms with van der Waals surface area (Å²) in [5.74, 6) is -0.763. The van der Waals surface area contributed by atoms with E-state index in [0.29, 0.717) is 24.1 Å². The van der Waals surface area contributed by atoms with Gasteiger partial charge in [-0.05, 0) is 50.3 Å². The topological polar surface area (TPSA) is 88.3 Å². The first kappa shape index (κ1) is 21.4. The highest BCUT2D eigenvalue weighted by molar-refractivity contribution is 7.89. The standard InChI is InChI=1S/C19H21F3N2O4S/c1-3-28-18(25)16-10-17(23-11(16)2)29(26,27)24-15-8-13(9-15)12-5-4-6-14(7-12)19(20,21)22/h4-7,10,13,15,23-24H,3,8-9H2,1-2H3/t13-,15+. The fraction of sp³-hybridized carbons (Fsp3) is 0.421. The molecule has 0 amide bonds. The van der Waals surface area contributed by atoms with Crippen LogP contribution in [0.1, 0.15) is 52.9 Å². The van der Waals surface area contributed by atoms with Crippen LogP contribution >= 0.6 is 0 Å². The van der Waals surface area contributed by atoms with Gasteiger partial charge in [0.05, 0.1) is 17.7 Å². The van der Waals surface area contributed by atoms with Gasteiger partial charge in [-0.25, -0.2) is 17.9 Å². The maximum Gasteiger partial charge on any atom is 0.416 e. The van der Waals surface area contributed by atoms with Crippen LogP contribution < -0.4 is 4.72 Å². The maximum atomic E-state index is 12.9. The molecule has 29 heavy (non-hydrogen) atoms. The third-order valence-corrected chi connectivity index (χ3v) is 6.36. The lowest BCUT2D eigenvalue weighted by atomic mass is 9.76. The van der Waals surface area contributed by atoms with Crippen LogP contribution in [0.25, 0.3) is 0 Å². The second-order valence-electron chi connectivity index (χ2n) is 7.00. The van der Waals surface area contributed by atoms with Crippen LogP contribution in [0, 0.1) is 6.92 Å². The molecule has 0 aliphatic heterocycles. The Morgan fingerprint density at radius 3 is 2.59 bits per heavy atom. The van der Waals surface area contributed by atoms with Gasteiger partial charge in [-0.15, -0.1) is 0 Å². The molecule has 0 radical (unpaired) electrons. The van der Waals surface area contributed by atoms with Crippen LogP contribution in [-0.4, -0.2) is 32.0 Å². The van der Waals surface area contributed by atoms with Crippen LogP contribution in [-0.2, 0) is 20.9 Å². The molecule has 10 heteroatoms. The molecule has 1 fully saturated rings. The Labute approximate surface area is 166 Å². The van der Waals surface area contributed by atoms with E-state index in [9.17, 15) is 26.4 Å². The molecule has 1 heterocycles. The van der Waals surface area contributed by atoms with E-state index >= 15 is 0 Å². The van der Waals surface area contributed by atoms with Gasteiger partial charge in [0.1, 0.15) is 5.03 Å². The van der Waals surface area contributed by atoms with Crippen molar-refractivity contribution in [2.75, 3.05) is 6.61 Å². The molecule has 1 aliphatic carbocycles. The first-order valence-corrected chi connectivity index (χ1v) is 10.6. The van der Waals surface area contributed by atoms with Crippen molar-refractivity contribution in [2.24, 2.45) is 0 Å². The van der Waals surface area contributed by atoms with Crippen molar-refractivity contribution in [3.63, 3.8) is 0 Å². The van der Waals surface area contributed by atoms with Crippen LogP contribution in [0.4, 0.5) is 13.2 Å². The highest BCUT2D eigenvalue weighted by Crippen LogP contribution is 2.39. The Morgan fingerprint density at radius 1 is 1.28 bits per heavy atom. The predicted molar refractivity (Wildman–Crippen MR) is 99.0 cm³/mol. The summed E-state index contributed by atoms with van der Waals surface area (Å²) in [4.78, 5) is 14.5. The Hall–Kier alpha value is -2.33. The van der Waals surface area contributed by atoms with Gasteiger partial charge in [0, 0.05) is 11.7 Å². The number of sulfonamides is 1. The molecule has 3 rings (SSSR count). The van der Waals surface area contributed by atoms with Crippen molar-refractivity contribution in [1.82, 2.24) is 9.71 Å². The van der Waals surface area contributed by atoms with Gasteiger partial charge in [0.15, 0.2) is 0 Å². The number of aromatic amines is 1. The Balaban J connectivity index is 1.65. The fourth-order valence-corrected chi connectivity index (χ4v) is 4.65. The van der Waals surface area contributed by atoms with E-state index in [1.807, 2.05) is 0 Å². The van der Waals surface area contributed by atoms with Gasteiger partial charge >= 0.3 is 12.1 Å². The molecule has 0 saturated heterocycles. The lowest BCUT2D eigenvalue weighted by Gasteiger charge is -2.36. The molecular weight excluding hydrogens is 409 g/mol. The molecule has 2 aromatic rings. The minimum atomic E-state index is -4.41. The molecule has 6 nitrogen and oxygen atoms in total. The number of aromatic nitrogens is 1. The van der Waals surface area contributed by atoms with Gasteiger partial charge in [0.2, 0.25) is 0 Å². The van der Waals surface area contributed by atoms with Crippen molar-refractivity contribution in [1.29, 1.82) is 0 Å². The number of hydrogen-bond acceptors (Lipinski definition) is 4. The highest BCUT2D eigenvalue weighted by atomic mass is 32.2. The third kappa shape index (κ3) is 4.64. The number of H-pyrrole nitrogens is 1. The predicted octanol–water partition coefficient (Wildman–Crippen LogP) is 3.74. The van der Waals surface area contributed by atoms with Gasteiger partial charge < -0.3 is 9.72 Å². The second-order valence-corrected chi connectivity index (χ2v) is 8.68. The average Bonchev–Trinajstić information content (AvgIpc) is 3.00. The Kier molecular flexibility index (Phi) is 5.77. The van der Waals surface area contributed by atoms with E-state index in [0.717, 1.165) is 12.1 Å². The minimum Gasteiger partial charge on any atom is -0.462 e. The summed E-state index contributed by atoms with van der Waals surface area (Å²) in [5.41, 5.74) is 0.338.